The Morgan fingerprint density at radius 2 is 1.30 bits per heavy atom. The molecule has 0 bridgehead atoms. The highest BCUT2D eigenvalue weighted by atomic mass is 16.7. The van der Waals surface area contributed by atoms with Crippen molar-refractivity contribution in [3.05, 3.63) is 58.7 Å². The van der Waals surface area contributed by atoms with Gasteiger partial charge in [0.1, 0.15) is 13.1 Å². The van der Waals surface area contributed by atoms with Gasteiger partial charge >= 0.3 is 0 Å². The van der Waals surface area contributed by atoms with Crippen LogP contribution in [0.2, 0.25) is 0 Å². The van der Waals surface area contributed by atoms with Gasteiger partial charge in [-0.1, -0.05) is 19.1 Å². The predicted molar refractivity (Wildman–Crippen MR) is 112 cm³/mol. The highest BCUT2D eigenvalue weighted by Crippen LogP contribution is 2.34. The fourth-order valence-electron chi connectivity index (χ4n) is 4.14. The number of quaternary nitrogens is 1. The summed E-state index contributed by atoms with van der Waals surface area (Å²) < 4.78 is 21.7. The van der Waals surface area contributed by atoms with E-state index in [0.29, 0.717) is 0 Å². The molecule has 2 aromatic carbocycles. The molecule has 0 saturated carbocycles. The molecular weight excluding hydrogens is 382 g/mol. The summed E-state index contributed by atoms with van der Waals surface area (Å²) in [7, 11) is 0. The molecule has 154 valence electrons. The number of benzene rings is 2. The van der Waals surface area contributed by atoms with Crippen LogP contribution < -0.4 is 23.8 Å². The lowest BCUT2D eigenvalue weighted by atomic mass is 9.94. The highest BCUT2D eigenvalue weighted by Gasteiger charge is 2.29. The largest absolute Gasteiger partial charge is 0.454 e. The summed E-state index contributed by atoms with van der Waals surface area (Å²) in [4.78, 5) is 14.7. The van der Waals surface area contributed by atoms with Gasteiger partial charge in [0.05, 0.1) is 17.7 Å². The third-order valence-corrected chi connectivity index (χ3v) is 5.54. The van der Waals surface area contributed by atoms with Crippen LogP contribution in [-0.2, 0) is 4.79 Å². The highest BCUT2D eigenvalue weighted by molar-refractivity contribution is 6.14. The first-order valence-corrected chi connectivity index (χ1v) is 10.3. The molecular formula is C24H24NO5+. The van der Waals surface area contributed by atoms with E-state index in [0.717, 1.165) is 71.3 Å². The third kappa shape index (κ3) is 3.66. The Balaban J connectivity index is 1.46. The molecule has 3 heterocycles. The smallest absolute Gasteiger partial charge is 0.231 e. The molecule has 0 spiro atoms. The van der Waals surface area contributed by atoms with E-state index >= 15 is 0 Å². The number of ether oxygens (including phenoxy) is 4. The second kappa shape index (κ2) is 7.88. The van der Waals surface area contributed by atoms with Gasteiger partial charge in [-0.2, -0.15) is 0 Å². The van der Waals surface area contributed by atoms with Crippen molar-refractivity contribution < 1.29 is 28.6 Å². The second-order valence-electron chi connectivity index (χ2n) is 7.75. The fourth-order valence-corrected chi connectivity index (χ4v) is 4.14. The molecule has 0 radical (unpaired) electrons. The van der Waals surface area contributed by atoms with Crippen molar-refractivity contribution in [2.24, 2.45) is 0 Å². The number of carbonyl (C=O) groups excluding carboxylic acids is 1. The number of hydrogen-bond donors (Lipinski definition) is 1. The van der Waals surface area contributed by atoms with Crippen molar-refractivity contribution in [1.29, 1.82) is 0 Å². The standard InChI is InChI=1S/C24H23NO5/c1-2-7-25-12-18(8-16-3-5-20-22(10-16)29-14-27-20)24(26)19(13-25)9-17-4-6-21-23(11-17)30-15-28-21/h3-6,8-11H,2,7,12-15H2,1H3/p+1. The molecule has 3 aliphatic rings. The molecule has 1 saturated heterocycles. The van der Waals surface area contributed by atoms with E-state index in [1.54, 1.807) is 0 Å². The van der Waals surface area contributed by atoms with Crippen LogP contribution in [0.5, 0.6) is 23.0 Å². The van der Waals surface area contributed by atoms with E-state index in [4.69, 9.17) is 18.9 Å². The third-order valence-electron chi connectivity index (χ3n) is 5.54. The zero-order valence-corrected chi connectivity index (χ0v) is 16.9. The van der Waals surface area contributed by atoms with Crippen molar-refractivity contribution in [2.75, 3.05) is 33.2 Å². The summed E-state index contributed by atoms with van der Waals surface area (Å²) in [5.74, 6) is 3.04. The van der Waals surface area contributed by atoms with Crippen LogP contribution in [0.4, 0.5) is 0 Å². The van der Waals surface area contributed by atoms with E-state index in [1.165, 1.54) is 4.90 Å². The SMILES string of the molecule is CCC[NH+]1CC(=Cc2ccc3c(c2)OCO3)C(=O)C(=Cc2ccc3c(c2)OCO3)C1. The molecule has 0 atom stereocenters. The van der Waals surface area contributed by atoms with Crippen molar-refractivity contribution in [1.82, 2.24) is 0 Å². The predicted octanol–water partition coefficient (Wildman–Crippen LogP) is 2.49. The van der Waals surface area contributed by atoms with E-state index in [-0.39, 0.29) is 19.4 Å². The van der Waals surface area contributed by atoms with Crippen LogP contribution in [-0.4, -0.2) is 39.0 Å². The molecule has 30 heavy (non-hydrogen) atoms. The zero-order chi connectivity index (χ0) is 20.5. The first kappa shape index (κ1) is 18.8. The van der Waals surface area contributed by atoms with Gasteiger partial charge in [-0.15, -0.1) is 0 Å². The maximum Gasteiger partial charge on any atom is 0.231 e. The van der Waals surface area contributed by atoms with Gasteiger partial charge in [-0.05, 0) is 54.0 Å². The van der Waals surface area contributed by atoms with Crippen molar-refractivity contribution in [2.45, 2.75) is 13.3 Å². The number of hydrogen-bond acceptors (Lipinski definition) is 5. The van der Waals surface area contributed by atoms with Crippen LogP contribution in [0.3, 0.4) is 0 Å². The minimum Gasteiger partial charge on any atom is -0.454 e. The van der Waals surface area contributed by atoms with E-state index < -0.39 is 0 Å². The molecule has 3 aliphatic heterocycles. The molecule has 5 rings (SSSR count). The normalized spacial score (nSPS) is 22.2. The summed E-state index contributed by atoms with van der Waals surface area (Å²) in [6.07, 6.45) is 5.03. The average molecular weight is 406 g/mol. The summed E-state index contributed by atoms with van der Waals surface area (Å²) >= 11 is 0. The molecule has 2 aromatic rings. The Labute approximate surface area is 175 Å². The lowest BCUT2D eigenvalue weighted by molar-refractivity contribution is -0.891. The van der Waals surface area contributed by atoms with Gasteiger partial charge in [-0.25, -0.2) is 0 Å². The van der Waals surface area contributed by atoms with Crippen LogP contribution >= 0.6 is 0 Å². The molecule has 1 N–H and O–H groups in total. The number of nitrogens with one attached hydrogen (secondary N) is 1. The van der Waals surface area contributed by atoms with Gasteiger partial charge in [0.15, 0.2) is 28.8 Å². The van der Waals surface area contributed by atoms with Gasteiger partial charge in [0, 0.05) is 0 Å². The number of Topliss-reactive ketones (excluding diaryl/α,β-unsaturated/α-hetero) is 1. The summed E-state index contributed by atoms with van der Waals surface area (Å²) in [6, 6.07) is 11.6. The van der Waals surface area contributed by atoms with Gasteiger partial charge in [-0.3, -0.25) is 4.79 Å². The van der Waals surface area contributed by atoms with Crippen LogP contribution in [0.15, 0.2) is 47.5 Å². The minimum atomic E-state index is 0.102. The molecule has 6 nitrogen and oxygen atoms in total. The fraction of sp³-hybridized carbons (Fsp3) is 0.292. The topological polar surface area (TPSA) is 58.4 Å². The Kier molecular flexibility index (Phi) is 4.93. The average Bonchev–Trinajstić information content (AvgIpc) is 3.40. The number of piperidine rings is 1. The maximum absolute atomic E-state index is 13.3. The Bertz CT molecular complexity index is 976. The number of carbonyl (C=O) groups is 1. The van der Waals surface area contributed by atoms with Gasteiger partial charge in [0.2, 0.25) is 13.6 Å². The Morgan fingerprint density at radius 1 is 0.800 bits per heavy atom. The molecule has 0 aromatic heterocycles. The van der Waals surface area contributed by atoms with E-state index in [1.807, 2.05) is 48.6 Å². The Morgan fingerprint density at radius 3 is 1.80 bits per heavy atom. The first-order chi connectivity index (χ1) is 14.7. The lowest BCUT2D eigenvalue weighted by Crippen LogP contribution is -3.13. The molecule has 1 fully saturated rings. The minimum absolute atomic E-state index is 0.102. The van der Waals surface area contributed by atoms with E-state index in [2.05, 4.69) is 6.92 Å². The molecule has 0 aliphatic carbocycles. The number of rotatable bonds is 4. The van der Waals surface area contributed by atoms with E-state index in [9.17, 15) is 4.79 Å². The quantitative estimate of drug-likeness (QED) is 0.791. The van der Waals surface area contributed by atoms with Crippen LogP contribution in [0.1, 0.15) is 24.5 Å². The summed E-state index contributed by atoms with van der Waals surface area (Å²) in [5, 5.41) is 0. The van der Waals surface area contributed by atoms with Crippen molar-refractivity contribution in [3.63, 3.8) is 0 Å². The van der Waals surface area contributed by atoms with Gasteiger partial charge < -0.3 is 23.8 Å². The second-order valence-corrected chi connectivity index (χ2v) is 7.75. The number of likely N-dealkylation sites (tertiary alicyclic amines) is 1. The van der Waals surface area contributed by atoms with Crippen LogP contribution in [0, 0.1) is 0 Å². The van der Waals surface area contributed by atoms with Gasteiger partial charge in [0.25, 0.3) is 0 Å². The first-order valence-electron chi connectivity index (χ1n) is 10.3. The molecule has 6 heteroatoms. The zero-order valence-electron chi connectivity index (χ0n) is 16.9. The summed E-state index contributed by atoms with van der Waals surface area (Å²) in [5.41, 5.74) is 3.52. The maximum atomic E-state index is 13.3. The summed E-state index contributed by atoms with van der Waals surface area (Å²) in [6.45, 7) is 5.12. The molecule has 0 unspecified atom stereocenters. The van der Waals surface area contributed by atoms with Crippen molar-refractivity contribution >= 4 is 17.9 Å². The number of ketones is 1. The van der Waals surface area contributed by atoms with Crippen molar-refractivity contribution in [3.8, 4) is 23.0 Å². The Hall–Kier alpha value is -3.25. The van der Waals surface area contributed by atoms with Crippen LogP contribution in [0.25, 0.3) is 12.2 Å². The monoisotopic (exact) mass is 406 g/mol. The number of fused-ring (bicyclic) bond motifs is 2. The molecule has 0 amide bonds. The lowest BCUT2D eigenvalue weighted by Gasteiger charge is -2.26.